The Balaban J connectivity index is 1.31. The van der Waals surface area contributed by atoms with Crippen LogP contribution in [0.5, 0.6) is 5.75 Å². The Bertz CT molecular complexity index is 1220. The van der Waals surface area contributed by atoms with Gasteiger partial charge in [0.2, 0.25) is 0 Å². The second kappa shape index (κ2) is 14.9. The number of piperidine rings is 1. The Kier molecular flexibility index (Phi) is 11.0. The van der Waals surface area contributed by atoms with Gasteiger partial charge in [-0.15, -0.1) is 0 Å². The van der Waals surface area contributed by atoms with Gasteiger partial charge in [-0.05, 0) is 64.1 Å². The van der Waals surface area contributed by atoms with Crippen molar-refractivity contribution in [1.29, 1.82) is 0 Å². The Morgan fingerprint density at radius 3 is 2.42 bits per heavy atom. The van der Waals surface area contributed by atoms with E-state index in [1.165, 1.54) is 0 Å². The monoisotopic (exact) mass is 613 g/mol. The van der Waals surface area contributed by atoms with Crippen molar-refractivity contribution in [3.8, 4) is 5.75 Å². The molecule has 1 aliphatic carbocycles. The summed E-state index contributed by atoms with van der Waals surface area (Å²) < 4.78 is 5.86. The molecule has 2 aromatic rings. The normalized spacial score (nSPS) is 22.4. The molecule has 10 nitrogen and oxygen atoms in total. The van der Waals surface area contributed by atoms with Gasteiger partial charge >= 0.3 is 0 Å². The molecular weight excluding hydrogens is 566 g/mol. The number of Topliss-reactive ketones (excluding diaryl/α,β-unsaturated/α-hetero) is 1. The van der Waals surface area contributed by atoms with Crippen LogP contribution in [0.4, 0.5) is 23.0 Å². The van der Waals surface area contributed by atoms with E-state index in [1.54, 1.807) is 7.11 Å². The Morgan fingerprint density at radius 2 is 1.74 bits per heavy atom. The van der Waals surface area contributed by atoms with Crippen LogP contribution >= 0.6 is 11.6 Å². The summed E-state index contributed by atoms with van der Waals surface area (Å²) in [5.41, 5.74) is 2.09. The second-order valence-corrected chi connectivity index (χ2v) is 12.7. The van der Waals surface area contributed by atoms with E-state index in [1.807, 2.05) is 12.1 Å². The molecule has 3 N–H and O–H groups in total. The summed E-state index contributed by atoms with van der Waals surface area (Å²) in [4.78, 5) is 29.9. The molecular formula is C32H48ClN7O3. The first-order valence-corrected chi connectivity index (χ1v) is 16.4. The number of nitrogens with zero attached hydrogens (tertiary/aromatic N) is 5. The fourth-order valence-corrected chi connectivity index (χ4v) is 6.65. The van der Waals surface area contributed by atoms with E-state index >= 15 is 0 Å². The van der Waals surface area contributed by atoms with E-state index in [-0.39, 0.29) is 28.8 Å². The number of carbonyl (C=O) groups excluding carboxylic acids is 1. The number of carbonyl (C=O) groups is 1. The topological polar surface area (TPSA) is 106 Å². The number of aliphatic hydroxyl groups excluding tert-OH is 1. The van der Waals surface area contributed by atoms with Crippen molar-refractivity contribution in [3.05, 3.63) is 29.0 Å². The van der Waals surface area contributed by atoms with Crippen molar-refractivity contribution < 1.29 is 14.6 Å². The summed E-state index contributed by atoms with van der Waals surface area (Å²) in [6.45, 7) is 8.65. The van der Waals surface area contributed by atoms with E-state index in [4.69, 9.17) is 21.3 Å². The number of likely N-dealkylation sites (N-methyl/N-ethyl adjacent to an activating group) is 1. The number of unbranched alkanes of at least 4 members (excludes halogenated alkanes) is 1. The van der Waals surface area contributed by atoms with Crippen LogP contribution in [0.25, 0.3) is 0 Å². The quantitative estimate of drug-likeness (QED) is 0.293. The summed E-state index contributed by atoms with van der Waals surface area (Å²) >= 11 is 6.55. The standard InChI is InChI=1S/C32H48ClN7O3/c1-4-5-6-27(42)29-31(37-32(30(33)36-29)34-22-7-10-25(41)11-8-22)35-23-9-12-26(28(21-23)43-3)40-15-13-24(14-16-40)39-19-17-38(2)18-20-39/h9,12,21-22,24-25,41H,4-8,10-11,13-20H2,1-3H3,(H2,34,35,37). The number of ether oxygens (including phenoxy) is 1. The van der Waals surface area contributed by atoms with Crippen molar-refractivity contribution in [3.63, 3.8) is 0 Å². The molecule has 5 rings (SSSR count). The summed E-state index contributed by atoms with van der Waals surface area (Å²) in [6.07, 6.45) is 7.23. The number of ketones is 1. The largest absolute Gasteiger partial charge is 0.495 e. The number of rotatable bonds is 11. The number of hydrogen-bond donors (Lipinski definition) is 3. The molecule has 236 valence electrons. The number of anilines is 4. The molecule has 2 saturated heterocycles. The van der Waals surface area contributed by atoms with Crippen molar-refractivity contribution >= 4 is 40.4 Å². The number of aliphatic hydroxyl groups is 1. The molecule has 0 amide bonds. The van der Waals surface area contributed by atoms with E-state index in [0.29, 0.717) is 24.1 Å². The predicted molar refractivity (Wildman–Crippen MR) is 173 cm³/mol. The van der Waals surface area contributed by atoms with Gasteiger partial charge in [-0.25, -0.2) is 9.97 Å². The van der Waals surface area contributed by atoms with Gasteiger partial charge < -0.3 is 30.3 Å². The minimum absolute atomic E-state index is 0.0853. The van der Waals surface area contributed by atoms with Gasteiger partial charge in [0.05, 0.1) is 18.9 Å². The summed E-state index contributed by atoms with van der Waals surface area (Å²) in [7, 11) is 3.90. The third-order valence-electron chi connectivity index (χ3n) is 9.21. The Hall–Kier alpha value is -2.66. The SMILES string of the molecule is CCCCC(=O)c1nc(Cl)c(NC2CCC(O)CC2)nc1Nc1ccc(N2CCC(N3CCN(C)CC3)CC2)c(OC)c1. The van der Waals surface area contributed by atoms with Crippen LogP contribution in [-0.4, -0.2) is 102 Å². The summed E-state index contributed by atoms with van der Waals surface area (Å²) in [6, 6.07) is 6.85. The van der Waals surface area contributed by atoms with Crippen LogP contribution in [0.2, 0.25) is 5.15 Å². The van der Waals surface area contributed by atoms with Crippen LogP contribution in [0.1, 0.15) is 75.2 Å². The zero-order chi connectivity index (χ0) is 30.3. The average Bonchev–Trinajstić information content (AvgIpc) is 3.02. The lowest BCUT2D eigenvalue weighted by Crippen LogP contribution is -2.52. The van der Waals surface area contributed by atoms with Gasteiger partial charge in [0.15, 0.2) is 28.3 Å². The maximum atomic E-state index is 13.2. The highest BCUT2D eigenvalue weighted by Crippen LogP contribution is 2.36. The summed E-state index contributed by atoms with van der Waals surface area (Å²) in [5.74, 6) is 1.52. The molecule has 3 fully saturated rings. The zero-order valence-corrected chi connectivity index (χ0v) is 26.7. The number of methoxy groups -OCH3 is 1. The molecule has 0 unspecified atom stereocenters. The number of aromatic nitrogens is 2. The van der Waals surface area contributed by atoms with Gasteiger partial charge in [0.1, 0.15) is 5.75 Å². The van der Waals surface area contributed by atoms with Crippen molar-refractivity contribution in [2.75, 3.05) is 69.0 Å². The minimum Gasteiger partial charge on any atom is -0.495 e. The molecule has 11 heteroatoms. The van der Waals surface area contributed by atoms with Crippen LogP contribution in [0.3, 0.4) is 0 Å². The first-order chi connectivity index (χ1) is 20.8. The number of benzene rings is 1. The molecule has 1 aromatic carbocycles. The minimum atomic E-state index is -0.253. The molecule has 0 bridgehead atoms. The van der Waals surface area contributed by atoms with Gasteiger partial charge in [0, 0.05) is 69.5 Å². The lowest BCUT2D eigenvalue weighted by Gasteiger charge is -2.42. The van der Waals surface area contributed by atoms with E-state index in [2.05, 4.69) is 50.4 Å². The molecule has 3 aliphatic rings. The molecule has 0 atom stereocenters. The third kappa shape index (κ3) is 8.09. The molecule has 2 aliphatic heterocycles. The van der Waals surface area contributed by atoms with E-state index in [0.717, 1.165) is 108 Å². The van der Waals surface area contributed by atoms with E-state index in [9.17, 15) is 9.90 Å². The molecule has 0 radical (unpaired) electrons. The van der Waals surface area contributed by atoms with Crippen LogP contribution < -0.4 is 20.3 Å². The number of halogens is 1. The van der Waals surface area contributed by atoms with E-state index < -0.39 is 0 Å². The van der Waals surface area contributed by atoms with Gasteiger partial charge in [-0.1, -0.05) is 24.9 Å². The molecule has 1 aromatic heterocycles. The molecule has 0 spiro atoms. The highest BCUT2D eigenvalue weighted by atomic mass is 35.5. The number of hydrogen-bond acceptors (Lipinski definition) is 10. The van der Waals surface area contributed by atoms with Crippen molar-refractivity contribution in [2.45, 2.75) is 82.9 Å². The molecule has 43 heavy (non-hydrogen) atoms. The zero-order valence-electron chi connectivity index (χ0n) is 25.9. The maximum absolute atomic E-state index is 13.2. The van der Waals surface area contributed by atoms with Gasteiger partial charge in [-0.3, -0.25) is 9.69 Å². The van der Waals surface area contributed by atoms with Gasteiger partial charge in [0.25, 0.3) is 0 Å². The van der Waals surface area contributed by atoms with Crippen LogP contribution in [0, 0.1) is 0 Å². The van der Waals surface area contributed by atoms with Crippen molar-refractivity contribution in [2.24, 2.45) is 0 Å². The first-order valence-electron chi connectivity index (χ1n) is 16.0. The number of nitrogens with one attached hydrogen (secondary N) is 2. The maximum Gasteiger partial charge on any atom is 0.185 e. The predicted octanol–water partition coefficient (Wildman–Crippen LogP) is 5.19. The molecule has 3 heterocycles. The van der Waals surface area contributed by atoms with Crippen LogP contribution in [-0.2, 0) is 0 Å². The fourth-order valence-electron chi connectivity index (χ4n) is 6.47. The van der Waals surface area contributed by atoms with Gasteiger partial charge in [-0.2, -0.15) is 0 Å². The fraction of sp³-hybridized carbons (Fsp3) is 0.656. The lowest BCUT2D eigenvalue weighted by molar-refractivity contribution is 0.0975. The second-order valence-electron chi connectivity index (χ2n) is 12.3. The Labute approximate surface area is 261 Å². The Morgan fingerprint density at radius 1 is 1.02 bits per heavy atom. The number of piperazine rings is 1. The average molecular weight is 614 g/mol. The lowest BCUT2D eigenvalue weighted by atomic mass is 9.93. The highest BCUT2D eigenvalue weighted by molar-refractivity contribution is 6.32. The highest BCUT2D eigenvalue weighted by Gasteiger charge is 2.28. The van der Waals surface area contributed by atoms with Crippen LogP contribution in [0.15, 0.2) is 18.2 Å². The van der Waals surface area contributed by atoms with Crippen molar-refractivity contribution in [1.82, 2.24) is 19.8 Å². The first kappa shape index (κ1) is 31.8. The third-order valence-corrected chi connectivity index (χ3v) is 9.48. The molecule has 1 saturated carbocycles. The smallest absolute Gasteiger partial charge is 0.185 e. The summed E-state index contributed by atoms with van der Waals surface area (Å²) in [5, 5.41) is 16.8.